The summed E-state index contributed by atoms with van der Waals surface area (Å²) < 4.78 is 27.1. The predicted molar refractivity (Wildman–Crippen MR) is 89.0 cm³/mol. The molecule has 3 rings (SSSR count). The summed E-state index contributed by atoms with van der Waals surface area (Å²) in [5, 5.41) is 9.01. The molecule has 0 aliphatic heterocycles. The lowest BCUT2D eigenvalue weighted by molar-refractivity contribution is 0.581. The van der Waals surface area contributed by atoms with Crippen LogP contribution in [0.5, 0.6) is 0 Å². The SMILES string of the molecule is N#Cc1ccccc1S(=O)(=O)NCCc1ccc2[nH]c(=O)[nH]c2c1. The monoisotopic (exact) mass is 342 g/mol. The Labute approximate surface area is 138 Å². The lowest BCUT2D eigenvalue weighted by Gasteiger charge is -2.08. The summed E-state index contributed by atoms with van der Waals surface area (Å²) in [5.41, 5.74) is 2.09. The van der Waals surface area contributed by atoms with E-state index in [-0.39, 0.29) is 22.7 Å². The summed E-state index contributed by atoms with van der Waals surface area (Å²) in [4.78, 5) is 16.5. The number of imidazole rings is 1. The van der Waals surface area contributed by atoms with Crippen LogP contribution in [0.1, 0.15) is 11.1 Å². The number of nitriles is 1. The van der Waals surface area contributed by atoms with Gasteiger partial charge in [-0.3, -0.25) is 0 Å². The highest BCUT2D eigenvalue weighted by molar-refractivity contribution is 7.89. The average Bonchev–Trinajstić information content (AvgIpc) is 2.94. The molecule has 0 amide bonds. The van der Waals surface area contributed by atoms with Gasteiger partial charge in [-0.05, 0) is 36.2 Å². The molecule has 0 unspecified atom stereocenters. The number of H-pyrrole nitrogens is 2. The fraction of sp³-hybridized carbons (Fsp3) is 0.125. The van der Waals surface area contributed by atoms with Crippen molar-refractivity contribution in [1.82, 2.24) is 14.7 Å². The van der Waals surface area contributed by atoms with Gasteiger partial charge < -0.3 is 9.97 Å². The number of hydrogen-bond donors (Lipinski definition) is 3. The number of nitrogens with one attached hydrogen (secondary N) is 3. The molecule has 0 saturated carbocycles. The number of aromatic nitrogens is 2. The maximum atomic E-state index is 12.3. The quantitative estimate of drug-likeness (QED) is 0.646. The summed E-state index contributed by atoms with van der Waals surface area (Å²) in [6.45, 7) is 0.183. The number of aromatic amines is 2. The van der Waals surface area contributed by atoms with Crippen LogP contribution in [0.4, 0.5) is 0 Å². The van der Waals surface area contributed by atoms with Gasteiger partial charge in [-0.15, -0.1) is 0 Å². The van der Waals surface area contributed by atoms with E-state index in [1.807, 2.05) is 12.1 Å². The van der Waals surface area contributed by atoms with E-state index < -0.39 is 10.0 Å². The minimum absolute atomic E-state index is 0.0297. The van der Waals surface area contributed by atoms with Gasteiger partial charge in [-0.2, -0.15) is 5.26 Å². The summed E-state index contributed by atoms with van der Waals surface area (Å²) in [5.74, 6) is 0. The van der Waals surface area contributed by atoms with Gasteiger partial charge in [-0.25, -0.2) is 17.9 Å². The molecule has 0 spiro atoms. The Morgan fingerprint density at radius 2 is 1.83 bits per heavy atom. The average molecular weight is 342 g/mol. The second-order valence-electron chi connectivity index (χ2n) is 5.21. The molecule has 7 nitrogen and oxygen atoms in total. The third kappa shape index (κ3) is 3.22. The third-order valence-electron chi connectivity index (χ3n) is 3.58. The minimum Gasteiger partial charge on any atom is -0.306 e. The van der Waals surface area contributed by atoms with E-state index in [1.54, 1.807) is 24.3 Å². The highest BCUT2D eigenvalue weighted by Gasteiger charge is 2.17. The smallest absolute Gasteiger partial charge is 0.306 e. The molecule has 0 radical (unpaired) electrons. The zero-order chi connectivity index (χ0) is 17.2. The topological polar surface area (TPSA) is 119 Å². The van der Waals surface area contributed by atoms with Crippen LogP contribution < -0.4 is 10.4 Å². The number of hydrogen-bond acceptors (Lipinski definition) is 4. The van der Waals surface area contributed by atoms with Gasteiger partial charge in [0.1, 0.15) is 6.07 Å². The Bertz CT molecular complexity index is 1090. The van der Waals surface area contributed by atoms with Crippen molar-refractivity contribution in [1.29, 1.82) is 5.26 Å². The van der Waals surface area contributed by atoms with Crippen LogP contribution >= 0.6 is 0 Å². The van der Waals surface area contributed by atoms with Crippen molar-refractivity contribution < 1.29 is 8.42 Å². The number of rotatable bonds is 5. The largest absolute Gasteiger partial charge is 0.323 e. The molecule has 24 heavy (non-hydrogen) atoms. The van der Waals surface area contributed by atoms with Crippen molar-refractivity contribution in [2.75, 3.05) is 6.54 Å². The molecule has 2 aromatic carbocycles. The van der Waals surface area contributed by atoms with Crippen LogP contribution in [-0.2, 0) is 16.4 Å². The van der Waals surface area contributed by atoms with Crippen molar-refractivity contribution in [3.63, 3.8) is 0 Å². The van der Waals surface area contributed by atoms with Gasteiger partial charge in [0, 0.05) is 6.54 Å². The zero-order valence-corrected chi connectivity index (χ0v) is 13.4. The summed E-state index contributed by atoms with van der Waals surface area (Å²) in [7, 11) is -3.75. The lowest BCUT2D eigenvalue weighted by Crippen LogP contribution is -2.26. The van der Waals surface area contributed by atoms with E-state index >= 15 is 0 Å². The van der Waals surface area contributed by atoms with Gasteiger partial charge in [-0.1, -0.05) is 18.2 Å². The molecule has 3 N–H and O–H groups in total. The highest BCUT2D eigenvalue weighted by atomic mass is 32.2. The second-order valence-corrected chi connectivity index (χ2v) is 6.95. The van der Waals surface area contributed by atoms with Gasteiger partial charge >= 0.3 is 5.69 Å². The Hall–Kier alpha value is -2.89. The molecule has 1 heterocycles. The van der Waals surface area contributed by atoms with Crippen LogP contribution in [-0.4, -0.2) is 24.9 Å². The molecule has 8 heteroatoms. The van der Waals surface area contributed by atoms with Gasteiger partial charge in [0.25, 0.3) is 0 Å². The predicted octanol–water partition coefficient (Wildman–Crippen LogP) is 1.25. The standard InChI is InChI=1S/C16H14N4O3S/c17-10-12-3-1-2-4-15(12)24(22,23)18-8-7-11-5-6-13-14(9-11)20-16(21)19-13/h1-6,9,18H,7-8H2,(H2,19,20,21). The van der Waals surface area contributed by atoms with Crippen molar-refractivity contribution in [3.8, 4) is 6.07 Å². The van der Waals surface area contributed by atoms with E-state index in [0.29, 0.717) is 17.5 Å². The molecule has 122 valence electrons. The van der Waals surface area contributed by atoms with Crippen LogP contribution in [0, 0.1) is 11.3 Å². The van der Waals surface area contributed by atoms with Crippen molar-refractivity contribution >= 4 is 21.1 Å². The number of fused-ring (bicyclic) bond motifs is 1. The molecule has 1 aromatic heterocycles. The molecule has 0 fully saturated rings. The van der Waals surface area contributed by atoms with E-state index in [2.05, 4.69) is 14.7 Å². The molecule has 3 aromatic rings. The number of benzene rings is 2. The molecule has 0 aliphatic carbocycles. The van der Waals surface area contributed by atoms with E-state index in [0.717, 1.165) is 5.56 Å². The van der Waals surface area contributed by atoms with Crippen LogP contribution in [0.25, 0.3) is 11.0 Å². The first kappa shape index (κ1) is 16.0. The van der Waals surface area contributed by atoms with Crippen LogP contribution in [0.15, 0.2) is 52.2 Å². The van der Waals surface area contributed by atoms with E-state index in [9.17, 15) is 13.2 Å². The van der Waals surface area contributed by atoms with Crippen LogP contribution in [0.3, 0.4) is 0 Å². The molecular formula is C16H14N4O3S. The summed E-state index contributed by atoms with van der Waals surface area (Å²) >= 11 is 0. The van der Waals surface area contributed by atoms with Crippen molar-refractivity contribution in [2.24, 2.45) is 0 Å². The summed E-state index contributed by atoms with van der Waals surface area (Å²) in [6.07, 6.45) is 0.455. The number of nitrogens with zero attached hydrogens (tertiary/aromatic N) is 1. The first-order valence-electron chi connectivity index (χ1n) is 7.19. The van der Waals surface area contributed by atoms with Gasteiger partial charge in [0.05, 0.1) is 21.5 Å². The highest BCUT2D eigenvalue weighted by Crippen LogP contribution is 2.14. The second kappa shape index (κ2) is 6.31. The Balaban J connectivity index is 1.72. The van der Waals surface area contributed by atoms with Crippen molar-refractivity contribution in [3.05, 3.63) is 64.1 Å². The number of sulfonamides is 1. The first-order valence-corrected chi connectivity index (χ1v) is 8.67. The molecule has 0 saturated heterocycles. The maximum Gasteiger partial charge on any atom is 0.323 e. The Morgan fingerprint density at radius 3 is 2.62 bits per heavy atom. The molecular weight excluding hydrogens is 328 g/mol. The maximum absolute atomic E-state index is 12.3. The molecule has 0 atom stereocenters. The summed E-state index contributed by atoms with van der Waals surface area (Å²) in [6, 6.07) is 13.3. The third-order valence-corrected chi connectivity index (χ3v) is 5.10. The Morgan fingerprint density at radius 1 is 1.08 bits per heavy atom. The Kier molecular flexibility index (Phi) is 4.20. The zero-order valence-electron chi connectivity index (χ0n) is 12.5. The van der Waals surface area contributed by atoms with Gasteiger partial charge in [0.2, 0.25) is 10.0 Å². The van der Waals surface area contributed by atoms with Gasteiger partial charge in [0.15, 0.2) is 0 Å². The van der Waals surface area contributed by atoms with E-state index in [4.69, 9.17) is 5.26 Å². The normalized spacial score (nSPS) is 11.5. The minimum atomic E-state index is -3.75. The molecule has 0 aliphatic rings. The fourth-order valence-corrected chi connectivity index (χ4v) is 3.62. The first-order chi connectivity index (χ1) is 11.5. The fourth-order valence-electron chi connectivity index (χ4n) is 2.44. The lowest BCUT2D eigenvalue weighted by atomic mass is 10.1. The van der Waals surface area contributed by atoms with E-state index in [1.165, 1.54) is 12.1 Å². The van der Waals surface area contributed by atoms with Crippen LogP contribution in [0.2, 0.25) is 0 Å². The van der Waals surface area contributed by atoms with Crippen molar-refractivity contribution in [2.45, 2.75) is 11.3 Å². The molecule has 0 bridgehead atoms.